The molecule has 0 aliphatic carbocycles. The van der Waals surface area contributed by atoms with E-state index < -0.39 is 30.2 Å². The van der Waals surface area contributed by atoms with Crippen molar-refractivity contribution in [3.63, 3.8) is 0 Å². The maximum atomic E-state index is 13.8. The summed E-state index contributed by atoms with van der Waals surface area (Å²) in [4.78, 5) is 0. The van der Waals surface area contributed by atoms with Gasteiger partial charge in [-0.3, -0.25) is 0 Å². The fourth-order valence-electron chi connectivity index (χ4n) is 4.01. The zero-order valence-corrected chi connectivity index (χ0v) is 14.4. The molecule has 0 bridgehead atoms. The van der Waals surface area contributed by atoms with Crippen molar-refractivity contribution in [3.8, 4) is 23.0 Å². The predicted octanol–water partition coefficient (Wildman–Crippen LogP) is 4.45. The Labute approximate surface area is 160 Å². The van der Waals surface area contributed by atoms with Gasteiger partial charge >= 0.3 is 12.4 Å². The summed E-state index contributed by atoms with van der Waals surface area (Å²) in [6.45, 7) is -1.33. The number of ether oxygens (including phenoxy) is 2. The Kier molecular flexibility index (Phi) is 3.54. The lowest BCUT2D eigenvalue weighted by atomic mass is 9.33. The third-order valence-electron chi connectivity index (χ3n) is 5.08. The number of hydrogen-bond acceptors (Lipinski definition) is 2. The number of halogens is 6. The van der Waals surface area contributed by atoms with E-state index in [0.29, 0.717) is 0 Å². The Bertz CT molecular complexity index is 1070. The van der Waals surface area contributed by atoms with E-state index >= 15 is 0 Å². The van der Waals surface area contributed by atoms with Crippen LogP contribution in [0.4, 0.5) is 26.3 Å². The molecule has 0 N–H and O–H groups in total. The molecule has 0 saturated heterocycles. The van der Waals surface area contributed by atoms with Crippen LogP contribution in [0.15, 0.2) is 54.6 Å². The molecule has 0 amide bonds. The maximum absolute atomic E-state index is 13.8. The first-order valence-corrected chi connectivity index (χ1v) is 8.55. The van der Waals surface area contributed by atoms with Crippen molar-refractivity contribution in [1.29, 1.82) is 0 Å². The van der Waals surface area contributed by atoms with Crippen LogP contribution in [-0.2, 0) is 12.4 Å². The minimum atomic E-state index is -4.77. The van der Waals surface area contributed by atoms with Gasteiger partial charge in [-0.25, -0.2) is 0 Å². The summed E-state index contributed by atoms with van der Waals surface area (Å²) < 4.78 is 94.0. The first-order valence-electron chi connectivity index (χ1n) is 8.55. The Morgan fingerprint density at radius 1 is 0.517 bits per heavy atom. The lowest BCUT2D eigenvalue weighted by Gasteiger charge is -2.35. The molecule has 2 aliphatic heterocycles. The summed E-state index contributed by atoms with van der Waals surface area (Å²) in [7, 11) is 0. The van der Waals surface area contributed by atoms with Crippen LogP contribution in [0.1, 0.15) is 11.1 Å². The second kappa shape index (κ2) is 5.71. The lowest BCUT2D eigenvalue weighted by Crippen LogP contribution is -2.60. The normalized spacial score (nSPS) is 14.3. The van der Waals surface area contributed by atoms with Gasteiger partial charge in [0.05, 0.1) is 11.1 Å². The Morgan fingerprint density at radius 3 is 1.24 bits per heavy atom. The van der Waals surface area contributed by atoms with E-state index in [9.17, 15) is 26.3 Å². The molecule has 0 fully saturated rings. The van der Waals surface area contributed by atoms with Gasteiger partial charge in [0.1, 0.15) is 23.0 Å². The highest BCUT2D eigenvalue weighted by Crippen LogP contribution is 2.40. The molecule has 0 unspecified atom stereocenters. The fraction of sp³-hybridized carbons (Fsp3) is 0.100. The summed E-state index contributed by atoms with van der Waals surface area (Å²) >= 11 is 0. The Morgan fingerprint density at radius 2 is 0.862 bits per heavy atom. The van der Waals surface area contributed by atoms with Crippen LogP contribution in [0.5, 0.6) is 23.0 Å². The van der Waals surface area contributed by atoms with E-state index in [4.69, 9.17) is 9.47 Å². The Hall–Kier alpha value is -3.10. The van der Waals surface area contributed by atoms with Gasteiger partial charge < -0.3 is 9.47 Å². The van der Waals surface area contributed by atoms with Gasteiger partial charge in [-0.2, -0.15) is 26.3 Å². The van der Waals surface area contributed by atoms with Gasteiger partial charge in [-0.15, -0.1) is 0 Å². The average Bonchev–Trinajstić information content (AvgIpc) is 2.65. The predicted molar refractivity (Wildman–Crippen MR) is 94.1 cm³/mol. The lowest BCUT2D eigenvalue weighted by molar-refractivity contribution is -0.137. The second-order valence-electron chi connectivity index (χ2n) is 6.74. The van der Waals surface area contributed by atoms with E-state index in [1.54, 1.807) is 6.07 Å². The van der Waals surface area contributed by atoms with Gasteiger partial charge in [0.25, 0.3) is 6.71 Å². The molecule has 0 atom stereocenters. The number of fused-ring (bicyclic) bond motifs is 4. The van der Waals surface area contributed by atoms with Crippen molar-refractivity contribution in [2.24, 2.45) is 0 Å². The van der Waals surface area contributed by atoms with E-state index in [2.05, 4.69) is 0 Å². The van der Waals surface area contributed by atoms with Crippen LogP contribution < -0.4 is 25.9 Å². The summed E-state index contributed by atoms with van der Waals surface area (Å²) in [6.07, 6.45) is -9.54. The van der Waals surface area contributed by atoms with Gasteiger partial charge in [0.2, 0.25) is 0 Å². The van der Waals surface area contributed by atoms with Gasteiger partial charge in [-0.1, -0.05) is 30.3 Å². The van der Waals surface area contributed by atoms with E-state index in [-0.39, 0.29) is 39.4 Å². The molecule has 5 rings (SSSR count). The molecule has 0 radical (unpaired) electrons. The van der Waals surface area contributed by atoms with Gasteiger partial charge in [0, 0.05) is 5.46 Å². The molecule has 2 aliphatic rings. The summed E-state index contributed by atoms with van der Waals surface area (Å²) in [5.41, 5.74) is -2.61. The number of rotatable bonds is 0. The van der Waals surface area contributed by atoms with Crippen molar-refractivity contribution in [3.05, 3.63) is 65.7 Å². The second-order valence-corrected chi connectivity index (χ2v) is 6.74. The smallest absolute Gasteiger partial charge is 0.416 e. The number of hydrogen-bond donors (Lipinski definition) is 0. The first kappa shape index (κ1) is 18.0. The molecule has 2 nitrogen and oxygen atoms in total. The highest BCUT2D eigenvalue weighted by Gasteiger charge is 2.49. The molecule has 0 saturated carbocycles. The third kappa shape index (κ3) is 2.60. The standard InChI is InChI=1S/C20H9BF6O2/c22-19(23,24)10-4-1-6-12-16(10)21-17-11(20(25,26)27)5-2-7-13(17)29-15-9-3-8-14(28-12)18(15)21/h1-9H. The Balaban J connectivity index is 1.91. The molecular formula is C20H9BF6O2. The maximum Gasteiger partial charge on any atom is 0.416 e. The zero-order valence-electron chi connectivity index (χ0n) is 14.4. The highest BCUT2D eigenvalue weighted by atomic mass is 19.4. The van der Waals surface area contributed by atoms with Crippen LogP contribution in [0.25, 0.3) is 0 Å². The molecule has 29 heavy (non-hydrogen) atoms. The minimum absolute atomic E-state index is 0.126. The van der Waals surface area contributed by atoms with Crippen molar-refractivity contribution < 1.29 is 35.8 Å². The minimum Gasteiger partial charge on any atom is -0.458 e. The van der Waals surface area contributed by atoms with Crippen LogP contribution in [0.3, 0.4) is 0 Å². The molecule has 2 heterocycles. The van der Waals surface area contributed by atoms with E-state index in [1.807, 2.05) is 0 Å². The van der Waals surface area contributed by atoms with Crippen molar-refractivity contribution in [2.75, 3.05) is 0 Å². The molecule has 3 aromatic rings. The van der Waals surface area contributed by atoms with Crippen molar-refractivity contribution >= 4 is 23.1 Å². The molecular weight excluding hydrogens is 397 g/mol. The SMILES string of the molecule is FC(F)(F)c1cccc2c1B1c3c(cccc3Oc3cccc(C(F)(F)F)c31)O2. The quantitative estimate of drug-likeness (QED) is 0.280. The molecule has 0 aromatic heterocycles. The van der Waals surface area contributed by atoms with Crippen molar-refractivity contribution in [1.82, 2.24) is 0 Å². The number of alkyl halides is 6. The monoisotopic (exact) mass is 406 g/mol. The van der Waals surface area contributed by atoms with Gasteiger partial charge in [0.15, 0.2) is 0 Å². The van der Waals surface area contributed by atoms with Crippen LogP contribution in [-0.4, -0.2) is 6.71 Å². The largest absolute Gasteiger partial charge is 0.458 e. The molecule has 3 aromatic carbocycles. The topological polar surface area (TPSA) is 18.5 Å². The van der Waals surface area contributed by atoms with Crippen LogP contribution in [0.2, 0.25) is 0 Å². The molecule has 0 spiro atoms. The average molecular weight is 406 g/mol. The highest BCUT2D eigenvalue weighted by molar-refractivity contribution is 6.98. The fourth-order valence-corrected chi connectivity index (χ4v) is 4.01. The van der Waals surface area contributed by atoms with Gasteiger partial charge in [-0.05, 0) is 35.2 Å². The first-order chi connectivity index (χ1) is 13.7. The summed E-state index contributed by atoms with van der Waals surface area (Å²) in [5.74, 6) is 0.0857. The van der Waals surface area contributed by atoms with E-state index in [0.717, 1.165) is 12.1 Å². The third-order valence-corrected chi connectivity index (χ3v) is 5.08. The zero-order chi connectivity index (χ0) is 20.6. The van der Waals surface area contributed by atoms with Crippen LogP contribution >= 0.6 is 0 Å². The summed E-state index contributed by atoms with van der Waals surface area (Å²) in [5, 5.41) is 0. The van der Waals surface area contributed by atoms with Crippen LogP contribution in [0, 0.1) is 0 Å². The van der Waals surface area contributed by atoms with E-state index in [1.165, 1.54) is 36.4 Å². The summed E-state index contributed by atoms with van der Waals surface area (Å²) in [6, 6.07) is 11.3. The number of benzene rings is 3. The molecule has 9 heteroatoms. The molecule has 146 valence electrons. The van der Waals surface area contributed by atoms with Crippen molar-refractivity contribution in [2.45, 2.75) is 12.4 Å².